The number of hydrogen-bond donors (Lipinski definition) is 1. The highest BCUT2D eigenvalue weighted by Crippen LogP contribution is 2.33. The van der Waals surface area contributed by atoms with Gasteiger partial charge in [0.2, 0.25) is 11.8 Å². The van der Waals surface area contributed by atoms with Crippen molar-refractivity contribution in [2.75, 3.05) is 43.5 Å². The van der Waals surface area contributed by atoms with Crippen LogP contribution in [0.3, 0.4) is 0 Å². The van der Waals surface area contributed by atoms with Gasteiger partial charge in [-0.3, -0.25) is 9.59 Å². The average molecular weight is 365 g/mol. The topological polar surface area (TPSA) is 61.9 Å². The molecule has 4 rings (SSSR count). The quantitative estimate of drug-likeness (QED) is 0.908. The second-order valence-corrected chi connectivity index (χ2v) is 6.91. The molecule has 2 aromatic rings. The zero-order chi connectivity index (χ0) is 18.8. The monoisotopic (exact) mass is 365 g/mol. The molecular weight excluding hydrogens is 342 g/mol. The van der Waals surface area contributed by atoms with Crippen LogP contribution in [0.4, 0.5) is 11.4 Å². The van der Waals surface area contributed by atoms with Gasteiger partial charge >= 0.3 is 0 Å². The lowest BCUT2D eigenvalue weighted by Gasteiger charge is -2.38. The first-order valence-electron chi connectivity index (χ1n) is 9.22. The number of amides is 2. The van der Waals surface area contributed by atoms with Gasteiger partial charge in [0.25, 0.3) is 0 Å². The fourth-order valence-electron chi connectivity index (χ4n) is 3.84. The van der Waals surface area contributed by atoms with Gasteiger partial charge in [0.15, 0.2) is 0 Å². The Kier molecular flexibility index (Phi) is 4.71. The number of nitrogens with zero attached hydrogens (tertiary/aromatic N) is 2. The highest BCUT2D eigenvalue weighted by Gasteiger charge is 2.34. The molecule has 1 N–H and O–H groups in total. The van der Waals surface area contributed by atoms with E-state index >= 15 is 0 Å². The number of rotatable bonds is 3. The summed E-state index contributed by atoms with van der Waals surface area (Å²) in [7, 11) is 1.66. The van der Waals surface area contributed by atoms with Gasteiger partial charge in [0.1, 0.15) is 5.75 Å². The highest BCUT2D eigenvalue weighted by molar-refractivity contribution is 6.01. The van der Waals surface area contributed by atoms with E-state index in [1.54, 1.807) is 7.11 Å². The Labute approximate surface area is 158 Å². The van der Waals surface area contributed by atoms with Gasteiger partial charge in [-0.1, -0.05) is 24.3 Å². The number of piperazine rings is 1. The van der Waals surface area contributed by atoms with Gasteiger partial charge in [0.05, 0.1) is 13.0 Å². The average Bonchev–Trinajstić information content (AvgIpc) is 2.72. The van der Waals surface area contributed by atoms with Crippen LogP contribution in [0.15, 0.2) is 48.5 Å². The molecule has 0 aromatic heterocycles. The molecular formula is C21H23N3O3. The van der Waals surface area contributed by atoms with Crippen molar-refractivity contribution in [3.05, 3.63) is 54.1 Å². The molecule has 0 saturated carbocycles. The minimum Gasteiger partial charge on any atom is -0.497 e. The standard InChI is InChI=1S/C21H23N3O3/c1-27-16-6-4-5-15(13-16)23-9-11-24(12-10-23)21(26)18-14-20(25)22-19-8-3-2-7-17(18)19/h2-8,13,18H,9-12,14H2,1H3,(H,22,25). The molecule has 1 saturated heterocycles. The second kappa shape index (κ2) is 7.31. The third kappa shape index (κ3) is 3.47. The van der Waals surface area contributed by atoms with Crippen LogP contribution in [0.5, 0.6) is 5.75 Å². The number of carbonyl (C=O) groups excluding carboxylic acids is 2. The van der Waals surface area contributed by atoms with Crippen LogP contribution in [0.2, 0.25) is 0 Å². The number of para-hydroxylation sites is 1. The zero-order valence-corrected chi connectivity index (χ0v) is 15.4. The molecule has 0 spiro atoms. The third-order valence-corrected chi connectivity index (χ3v) is 5.31. The molecule has 0 aliphatic carbocycles. The Balaban J connectivity index is 1.45. The molecule has 27 heavy (non-hydrogen) atoms. The van der Waals surface area contributed by atoms with Gasteiger partial charge in [-0.15, -0.1) is 0 Å². The predicted octanol–water partition coefficient (Wildman–Crippen LogP) is 2.47. The van der Waals surface area contributed by atoms with Gasteiger partial charge in [-0.25, -0.2) is 0 Å². The summed E-state index contributed by atoms with van der Waals surface area (Å²) in [6, 6.07) is 15.5. The number of ether oxygens (including phenoxy) is 1. The van der Waals surface area contributed by atoms with Crippen molar-refractivity contribution < 1.29 is 14.3 Å². The van der Waals surface area contributed by atoms with E-state index in [2.05, 4.69) is 16.3 Å². The molecule has 1 fully saturated rings. The molecule has 2 aliphatic rings. The molecule has 6 heteroatoms. The minimum atomic E-state index is -0.390. The van der Waals surface area contributed by atoms with E-state index in [1.807, 2.05) is 47.4 Å². The molecule has 1 atom stereocenters. The lowest BCUT2D eigenvalue weighted by atomic mass is 9.89. The Morgan fingerprint density at radius 2 is 1.85 bits per heavy atom. The predicted molar refractivity (Wildman–Crippen MR) is 104 cm³/mol. The van der Waals surface area contributed by atoms with E-state index in [0.717, 1.165) is 35.8 Å². The van der Waals surface area contributed by atoms with Crippen molar-refractivity contribution >= 4 is 23.2 Å². The first-order valence-corrected chi connectivity index (χ1v) is 9.22. The van der Waals surface area contributed by atoms with E-state index in [1.165, 1.54) is 0 Å². The van der Waals surface area contributed by atoms with Crippen molar-refractivity contribution in [1.82, 2.24) is 4.90 Å². The van der Waals surface area contributed by atoms with Crippen LogP contribution < -0.4 is 15.0 Å². The second-order valence-electron chi connectivity index (χ2n) is 6.91. The lowest BCUT2D eigenvalue weighted by Crippen LogP contribution is -2.50. The van der Waals surface area contributed by atoms with Gasteiger partial charge in [-0.2, -0.15) is 0 Å². The van der Waals surface area contributed by atoms with Crippen LogP contribution >= 0.6 is 0 Å². The number of carbonyl (C=O) groups is 2. The zero-order valence-electron chi connectivity index (χ0n) is 15.4. The first kappa shape index (κ1) is 17.4. The largest absolute Gasteiger partial charge is 0.497 e. The maximum absolute atomic E-state index is 13.1. The van der Waals surface area contributed by atoms with Crippen molar-refractivity contribution in [1.29, 1.82) is 0 Å². The minimum absolute atomic E-state index is 0.0441. The van der Waals surface area contributed by atoms with Crippen molar-refractivity contribution in [2.24, 2.45) is 0 Å². The maximum Gasteiger partial charge on any atom is 0.230 e. The number of nitrogens with one attached hydrogen (secondary N) is 1. The van der Waals surface area contributed by atoms with Crippen LogP contribution in [0, 0.1) is 0 Å². The summed E-state index contributed by atoms with van der Waals surface area (Å²) in [5.41, 5.74) is 2.77. The van der Waals surface area contributed by atoms with Gasteiger partial charge in [-0.05, 0) is 23.8 Å². The normalized spacial score (nSPS) is 19.3. The molecule has 2 aromatic carbocycles. The summed E-state index contributed by atoms with van der Waals surface area (Å²) in [5.74, 6) is 0.388. The fraction of sp³-hybridized carbons (Fsp3) is 0.333. The van der Waals surface area contributed by atoms with Crippen LogP contribution in [0.1, 0.15) is 17.9 Å². The molecule has 2 aliphatic heterocycles. The number of fused-ring (bicyclic) bond motifs is 1. The molecule has 6 nitrogen and oxygen atoms in total. The maximum atomic E-state index is 13.1. The number of benzene rings is 2. The number of hydrogen-bond acceptors (Lipinski definition) is 4. The third-order valence-electron chi connectivity index (χ3n) is 5.31. The summed E-state index contributed by atoms with van der Waals surface area (Å²) in [5, 5.41) is 2.86. The van der Waals surface area contributed by atoms with Crippen LogP contribution in [0.25, 0.3) is 0 Å². The highest BCUT2D eigenvalue weighted by atomic mass is 16.5. The lowest BCUT2D eigenvalue weighted by molar-refractivity contribution is -0.135. The summed E-state index contributed by atoms with van der Waals surface area (Å²) in [4.78, 5) is 29.3. The summed E-state index contributed by atoms with van der Waals surface area (Å²) >= 11 is 0. The molecule has 1 unspecified atom stereocenters. The summed E-state index contributed by atoms with van der Waals surface area (Å²) in [6.07, 6.45) is 0.214. The smallest absolute Gasteiger partial charge is 0.230 e. The van der Waals surface area contributed by atoms with Crippen LogP contribution in [-0.4, -0.2) is 50.0 Å². The Bertz CT molecular complexity index is 859. The SMILES string of the molecule is COc1cccc(N2CCN(C(=O)C3CC(=O)Nc4ccccc43)CC2)c1. The molecule has 2 amide bonds. The van der Waals surface area contributed by atoms with E-state index in [-0.39, 0.29) is 18.2 Å². The van der Waals surface area contributed by atoms with Gasteiger partial charge < -0.3 is 19.9 Å². The van der Waals surface area contributed by atoms with Crippen molar-refractivity contribution in [2.45, 2.75) is 12.3 Å². The van der Waals surface area contributed by atoms with Crippen molar-refractivity contribution in [3.8, 4) is 5.75 Å². The Hall–Kier alpha value is -3.02. The molecule has 0 bridgehead atoms. The van der Waals surface area contributed by atoms with E-state index in [0.29, 0.717) is 13.1 Å². The molecule has 0 radical (unpaired) electrons. The summed E-state index contributed by atoms with van der Waals surface area (Å²) in [6.45, 7) is 2.82. The molecule has 2 heterocycles. The number of methoxy groups -OCH3 is 1. The Morgan fingerprint density at radius 3 is 2.63 bits per heavy atom. The Morgan fingerprint density at radius 1 is 1.07 bits per heavy atom. The van der Waals surface area contributed by atoms with E-state index in [4.69, 9.17) is 4.74 Å². The van der Waals surface area contributed by atoms with Crippen LogP contribution in [-0.2, 0) is 9.59 Å². The van der Waals surface area contributed by atoms with E-state index < -0.39 is 5.92 Å². The molecule has 140 valence electrons. The first-order chi connectivity index (χ1) is 13.2. The van der Waals surface area contributed by atoms with Crippen molar-refractivity contribution in [3.63, 3.8) is 0 Å². The van der Waals surface area contributed by atoms with Gasteiger partial charge in [0, 0.05) is 50.0 Å². The number of anilines is 2. The summed E-state index contributed by atoms with van der Waals surface area (Å²) < 4.78 is 5.30. The fourth-order valence-corrected chi connectivity index (χ4v) is 3.84. The van der Waals surface area contributed by atoms with E-state index in [9.17, 15) is 9.59 Å².